The molecule has 0 aliphatic carbocycles. The van der Waals surface area contributed by atoms with Gasteiger partial charge in [0, 0.05) is 24.8 Å². The van der Waals surface area contributed by atoms with Crippen molar-refractivity contribution in [3.05, 3.63) is 71.8 Å². The molecule has 0 saturated carbocycles. The molecule has 0 amide bonds. The fraction of sp³-hybridized carbons (Fsp3) is 0.517. The maximum atomic E-state index is 10.1. The third-order valence-electron chi connectivity index (χ3n) is 2.38. The Hall–Kier alpha value is -1.54. The van der Waals surface area contributed by atoms with Crippen LogP contribution in [0.25, 0.3) is 0 Å². The number of carboxylic acids is 2. The third kappa shape index (κ3) is 59.7. The van der Waals surface area contributed by atoms with Gasteiger partial charge in [0.05, 0.1) is 18.8 Å². The molecule has 0 radical (unpaired) electrons. The fourth-order valence-electron chi connectivity index (χ4n) is 1.53. The molecule has 0 bridgehead atoms. The van der Waals surface area contributed by atoms with Crippen molar-refractivity contribution >= 4 is 22.8 Å². The van der Waals surface area contributed by atoms with Crippen molar-refractivity contribution < 1.29 is 41.0 Å². The Kier molecular flexibility index (Phi) is 61.3. The van der Waals surface area contributed by atoms with Gasteiger partial charge in [-0.2, -0.15) is 0 Å². The van der Waals surface area contributed by atoms with Crippen LogP contribution in [0, 0.1) is 0 Å². The van der Waals surface area contributed by atoms with E-state index in [1.54, 1.807) is 48.5 Å². The maximum absolute atomic E-state index is 10.1. The van der Waals surface area contributed by atoms with Gasteiger partial charge in [-0.1, -0.05) is 116 Å². The van der Waals surface area contributed by atoms with E-state index in [0.29, 0.717) is 32.1 Å². The maximum Gasteiger partial charge on any atom is 0.261 e. The van der Waals surface area contributed by atoms with Gasteiger partial charge in [0.15, 0.2) is 0 Å². The van der Waals surface area contributed by atoms with E-state index in [9.17, 15) is 19.8 Å². The molecule has 0 N–H and O–H groups in total. The van der Waals surface area contributed by atoms with E-state index in [4.69, 9.17) is 0 Å². The summed E-state index contributed by atoms with van der Waals surface area (Å²) in [5.74, 6) is -2.07. The predicted octanol–water partition coefficient (Wildman–Crippen LogP) is 1.89. The molecule has 0 fully saturated rings. The van der Waals surface area contributed by atoms with Crippen molar-refractivity contribution in [3.63, 3.8) is 0 Å². The summed E-state index contributed by atoms with van der Waals surface area (Å²) in [5, 5.41) is 20.1. The van der Waals surface area contributed by atoms with E-state index >= 15 is 0 Å². The number of carbonyl (C=O) groups excluding carboxylic acids is 2. The van der Waals surface area contributed by atoms with Crippen LogP contribution in [-0.4, -0.2) is 40.6 Å². The second kappa shape index (κ2) is 45.9. The first kappa shape index (κ1) is 46.8. The lowest BCUT2D eigenvalue weighted by molar-refractivity contribution is -0.597. The summed E-state index contributed by atoms with van der Waals surface area (Å²) in [6.07, 6.45) is 6.58. The number of carboxylic acid groups (broad SMARTS) is 2. The van der Waals surface area contributed by atoms with Crippen molar-refractivity contribution in [3.8, 4) is 0 Å². The van der Waals surface area contributed by atoms with E-state index in [2.05, 4.69) is 28.6 Å². The summed E-state index contributed by atoms with van der Waals surface area (Å²) in [4.78, 5) is 24.6. The molecule has 0 atom stereocenters. The number of aliphatic carboxylic acids is 2. The van der Waals surface area contributed by atoms with Crippen molar-refractivity contribution in [2.75, 3.05) is 28.6 Å². The Balaban J connectivity index is -0.0000000783. The monoisotopic (exact) mass is 624 g/mol. The quantitative estimate of drug-likeness (QED) is 0.296. The molecule has 2 aromatic carbocycles. The minimum Gasteiger partial charge on any atom is -0.550 e. The van der Waals surface area contributed by atoms with Crippen LogP contribution in [-0.2, 0) is 33.3 Å². The van der Waals surface area contributed by atoms with Crippen LogP contribution in [0.3, 0.4) is 0 Å². The second-order valence-corrected chi connectivity index (χ2v) is 10.3. The van der Waals surface area contributed by atoms with Gasteiger partial charge in [-0.25, -0.2) is 0 Å². The first-order valence-corrected chi connectivity index (χ1v) is 18.8. The Morgan fingerprint density at radius 1 is 0.600 bits per heavy atom. The molecule has 6 heteroatoms. The zero-order valence-electron chi connectivity index (χ0n) is 24.6. The molecule has 2 rings (SSSR count). The Morgan fingerprint density at radius 2 is 0.771 bits per heavy atom. The molecule has 0 spiro atoms. The van der Waals surface area contributed by atoms with E-state index in [1.165, 1.54) is 0 Å². The molecule has 35 heavy (non-hydrogen) atoms. The number of halogens is 1. The van der Waals surface area contributed by atoms with Crippen LogP contribution in [0.4, 0.5) is 0 Å². The second-order valence-electron chi connectivity index (χ2n) is 5.67. The molecule has 0 aliphatic heterocycles. The number of hydrogen-bond donors (Lipinski definition) is 0. The average molecular weight is 625 g/mol. The van der Waals surface area contributed by atoms with Gasteiger partial charge in [-0.3, -0.25) is 0 Å². The lowest BCUT2D eigenvalue weighted by atomic mass is 10.2. The lowest BCUT2D eigenvalue weighted by Crippen LogP contribution is -3.59. The van der Waals surface area contributed by atoms with Crippen molar-refractivity contribution in [1.82, 2.24) is 0 Å². The van der Waals surface area contributed by atoms with Crippen LogP contribution in [0.2, 0.25) is 0 Å². The highest BCUT2D eigenvalue weighted by Crippen LogP contribution is 1.98. The van der Waals surface area contributed by atoms with Crippen LogP contribution >= 0.6 is 0 Å². The summed E-state index contributed by atoms with van der Waals surface area (Å²) in [5.41, 5.74) is 1.56. The highest BCUT2D eigenvalue weighted by molar-refractivity contribution is 7.94. The summed E-state index contributed by atoms with van der Waals surface area (Å²) in [6.45, 7) is 16.0. The highest BCUT2D eigenvalue weighted by Gasteiger charge is 1.89. The highest BCUT2D eigenvalue weighted by atomic mass is 127. The Labute approximate surface area is 231 Å². The van der Waals surface area contributed by atoms with Gasteiger partial charge in [0.1, 0.15) is 9.86 Å². The molecule has 0 aromatic heterocycles. The van der Waals surface area contributed by atoms with Crippen LogP contribution in [0.5, 0.6) is 0 Å². The molecule has 206 valence electrons. The molecular weight excluding hydrogens is 571 g/mol. The van der Waals surface area contributed by atoms with Gasteiger partial charge < -0.3 is 19.8 Å². The predicted molar refractivity (Wildman–Crippen MR) is 153 cm³/mol. The van der Waals surface area contributed by atoms with Crippen molar-refractivity contribution in [2.24, 2.45) is 0 Å². The number of carbonyl (C=O) groups is 2. The molecule has 4 nitrogen and oxygen atoms in total. The summed E-state index contributed by atoms with van der Waals surface area (Å²) in [7, 11) is 0.639. The smallest absolute Gasteiger partial charge is 0.261 e. The first-order valence-electron chi connectivity index (χ1n) is 12.0. The summed E-state index contributed by atoms with van der Waals surface area (Å²) in [6, 6.07) is 17.9. The first-order chi connectivity index (χ1) is 16.7. The summed E-state index contributed by atoms with van der Waals surface area (Å²) < 4.78 is 0. The van der Waals surface area contributed by atoms with Gasteiger partial charge in [0.25, 0.3) is 21.2 Å². The number of benzene rings is 2. The molecule has 0 aliphatic rings. The minimum absolute atomic E-state index is 0.000833. The van der Waals surface area contributed by atoms with E-state index in [1.807, 2.05) is 67.5 Å². The van der Waals surface area contributed by atoms with Crippen molar-refractivity contribution in [1.29, 1.82) is 0 Å². The number of hydrogen-bond acceptors (Lipinski definition) is 4. The standard InChI is InChI=1S/2C8H8O2.C3H9S.C2H6I.4C2H6/c2*9-8(10)6-7-4-2-1-3-5-7;1-4(2)3;1-3-2;4*1-2/h2*1-5H,6H2,(H,9,10);1-3H3;1-2H3;4*1-2H3/q;;2*+1;;;;/p-2. The SMILES string of the molecule is CC.CC.CC.CC.C[I+]C.C[S+](C)C.O=C([O-])Cc1ccccc1.O=C([O-])Cc1ccccc1. The van der Waals surface area contributed by atoms with Crippen LogP contribution in [0.15, 0.2) is 60.7 Å². The van der Waals surface area contributed by atoms with Crippen molar-refractivity contribution in [2.45, 2.75) is 68.2 Å². The lowest BCUT2D eigenvalue weighted by Gasteiger charge is -1.99. The molecular formula is C29H53IO4S. The zero-order valence-corrected chi connectivity index (χ0v) is 27.6. The molecule has 0 saturated heterocycles. The number of rotatable bonds is 4. The summed E-state index contributed by atoms with van der Waals surface area (Å²) >= 11 is 0.590. The number of alkyl halides is 2. The normalized spacial score (nSPS) is 7.49. The van der Waals surface area contributed by atoms with Gasteiger partial charge in [0.2, 0.25) is 0 Å². The fourth-order valence-corrected chi connectivity index (χ4v) is 1.53. The average Bonchev–Trinajstić information content (AvgIpc) is 2.85. The molecule has 2 aromatic rings. The molecule has 0 heterocycles. The van der Waals surface area contributed by atoms with Gasteiger partial charge in [-0.15, -0.1) is 0 Å². The zero-order chi connectivity index (χ0) is 29.1. The van der Waals surface area contributed by atoms with E-state index < -0.39 is 11.9 Å². The van der Waals surface area contributed by atoms with E-state index in [0.717, 1.165) is 11.1 Å². The Morgan fingerprint density at radius 3 is 0.914 bits per heavy atom. The largest absolute Gasteiger partial charge is 0.550 e. The van der Waals surface area contributed by atoms with Crippen LogP contribution < -0.4 is 31.4 Å². The van der Waals surface area contributed by atoms with Gasteiger partial charge >= 0.3 is 0 Å². The van der Waals surface area contributed by atoms with Gasteiger partial charge in [-0.05, 0) is 22.0 Å². The Bertz CT molecular complexity index is 552. The van der Waals surface area contributed by atoms with Crippen LogP contribution in [0.1, 0.15) is 66.5 Å². The topological polar surface area (TPSA) is 80.3 Å². The minimum atomic E-state index is -1.04. The van der Waals surface area contributed by atoms with E-state index in [-0.39, 0.29) is 12.8 Å². The molecule has 0 unspecified atom stereocenters. The third-order valence-corrected chi connectivity index (χ3v) is 2.38.